The number of hydrazone groups is 1. The fraction of sp³-hybridized carbons (Fsp3) is 0.222. The lowest BCUT2D eigenvalue weighted by molar-refractivity contribution is -0.116. The quantitative estimate of drug-likeness (QED) is 0.349. The maximum atomic E-state index is 11.9. The summed E-state index contributed by atoms with van der Waals surface area (Å²) in [5.41, 5.74) is 2.96. The first-order valence-corrected chi connectivity index (χ1v) is 7.93. The molecule has 0 saturated heterocycles. The number of nitrogens with two attached hydrogens (primary N) is 1. The maximum Gasteiger partial charge on any atom is 0.224 e. The number of carbonyl (C=O) groups is 1. The highest BCUT2D eigenvalue weighted by atomic mass is 35.5. The van der Waals surface area contributed by atoms with Crippen molar-refractivity contribution in [3.05, 3.63) is 64.7 Å². The minimum absolute atomic E-state index is 0.0155. The van der Waals surface area contributed by atoms with Crippen molar-refractivity contribution in [2.24, 2.45) is 10.9 Å². The van der Waals surface area contributed by atoms with Gasteiger partial charge in [-0.3, -0.25) is 4.79 Å². The number of nitrogens with one attached hydrogen (secondary N) is 1. The van der Waals surface area contributed by atoms with Crippen LogP contribution in [0.15, 0.2) is 53.6 Å². The summed E-state index contributed by atoms with van der Waals surface area (Å²) in [7, 11) is 0. The summed E-state index contributed by atoms with van der Waals surface area (Å²) < 4.78 is 0. The Labute approximate surface area is 141 Å². The molecule has 23 heavy (non-hydrogen) atoms. The summed E-state index contributed by atoms with van der Waals surface area (Å²) in [6.45, 7) is 0. The third-order valence-corrected chi connectivity index (χ3v) is 3.67. The molecule has 0 unspecified atom stereocenters. The molecular formula is C18H20ClN3O. The van der Waals surface area contributed by atoms with E-state index in [2.05, 4.69) is 22.6 Å². The molecule has 5 heteroatoms. The summed E-state index contributed by atoms with van der Waals surface area (Å²) in [6, 6.07) is 15.3. The van der Waals surface area contributed by atoms with Gasteiger partial charge in [0.05, 0.1) is 6.21 Å². The summed E-state index contributed by atoms with van der Waals surface area (Å²) in [5, 5.41) is 6.96. The van der Waals surface area contributed by atoms with Crippen molar-refractivity contribution in [3.8, 4) is 0 Å². The van der Waals surface area contributed by atoms with Crippen molar-refractivity contribution < 1.29 is 4.79 Å². The number of nitrogens with zero attached hydrogens (tertiary/aromatic N) is 1. The molecule has 0 aromatic heterocycles. The predicted octanol–water partition coefficient (Wildman–Crippen LogP) is 3.98. The topological polar surface area (TPSA) is 67.5 Å². The minimum atomic E-state index is 0.0155. The van der Waals surface area contributed by atoms with E-state index >= 15 is 0 Å². The van der Waals surface area contributed by atoms with Gasteiger partial charge in [0.25, 0.3) is 0 Å². The van der Waals surface area contributed by atoms with Crippen LogP contribution in [0.3, 0.4) is 0 Å². The highest BCUT2D eigenvalue weighted by Gasteiger charge is 2.03. The van der Waals surface area contributed by atoms with Crippen molar-refractivity contribution in [2.45, 2.75) is 25.7 Å². The van der Waals surface area contributed by atoms with Gasteiger partial charge in [-0.25, -0.2) is 0 Å². The Balaban J connectivity index is 1.69. The first-order chi connectivity index (χ1) is 11.2. The lowest BCUT2D eigenvalue weighted by Crippen LogP contribution is -2.11. The normalized spacial score (nSPS) is 10.8. The fourth-order valence-corrected chi connectivity index (χ4v) is 2.45. The molecule has 3 N–H and O–H groups in total. The van der Waals surface area contributed by atoms with Crippen molar-refractivity contribution in [2.75, 3.05) is 5.32 Å². The van der Waals surface area contributed by atoms with E-state index < -0.39 is 0 Å². The third kappa shape index (κ3) is 6.12. The molecule has 4 nitrogen and oxygen atoms in total. The maximum absolute atomic E-state index is 11.9. The van der Waals surface area contributed by atoms with Gasteiger partial charge >= 0.3 is 0 Å². The molecule has 0 aliphatic carbocycles. The zero-order valence-electron chi connectivity index (χ0n) is 12.8. The average molecular weight is 330 g/mol. The van der Waals surface area contributed by atoms with E-state index in [0.717, 1.165) is 30.5 Å². The van der Waals surface area contributed by atoms with Gasteiger partial charge in [-0.15, -0.1) is 0 Å². The largest absolute Gasteiger partial charge is 0.326 e. The summed E-state index contributed by atoms with van der Waals surface area (Å²) in [4.78, 5) is 11.9. The van der Waals surface area contributed by atoms with Gasteiger partial charge in [0.2, 0.25) is 5.91 Å². The summed E-state index contributed by atoms with van der Waals surface area (Å²) in [5.74, 6) is 5.13. The van der Waals surface area contributed by atoms with Gasteiger partial charge in [0, 0.05) is 17.1 Å². The third-order valence-electron chi connectivity index (χ3n) is 3.43. The van der Waals surface area contributed by atoms with Gasteiger partial charge in [-0.2, -0.15) is 5.10 Å². The Morgan fingerprint density at radius 3 is 2.65 bits per heavy atom. The molecule has 0 bridgehead atoms. The van der Waals surface area contributed by atoms with Crippen LogP contribution in [-0.2, 0) is 11.2 Å². The van der Waals surface area contributed by atoms with Crippen LogP contribution >= 0.6 is 11.6 Å². The molecule has 0 saturated carbocycles. The van der Waals surface area contributed by atoms with Crippen LogP contribution in [0, 0.1) is 0 Å². The Hall–Kier alpha value is -2.33. The van der Waals surface area contributed by atoms with Crippen molar-refractivity contribution in [1.29, 1.82) is 0 Å². The zero-order valence-corrected chi connectivity index (χ0v) is 13.6. The number of carbonyl (C=O) groups excluding carboxylic acids is 1. The number of halogens is 1. The Bertz CT molecular complexity index is 668. The van der Waals surface area contributed by atoms with Gasteiger partial charge < -0.3 is 11.2 Å². The molecule has 2 aromatic rings. The van der Waals surface area contributed by atoms with Crippen LogP contribution in [0.2, 0.25) is 5.02 Å². The molecule has 0 aliphatic heterocycles. The number of aryl methyl sites for hydroxylation is 1. The number of anilines is 1. The SMILES string of the molecule is N/N=C/c1ccc(CCCCC(=O)Nc2cccc(Cl)c2)cc1. The number of rotatable bonds is 7. The molecule has 0 radical (unpaired) electrons. The molecule has 120 valence electrons. The second-order valence-electron chi connectivity index (χ2n) is 5.29. The van der Waals surface area contributed by atoms with Crippen molar-refractivity contribution in [1.82, 2.24) is 0 Å². The second-order valence-corrected chi connectivity index (χ2v) is 5.72. The van der Waals surface area contributed by atoms with E-state index in [9.17, 15) is 4.79 Å². The predicted molar refractivity (Wildman–Crippen MR) is 95.9 cm³/mol. The molecule has 0 atom stereocenters. The fourth-order valence-electron chi connectivity index (χ4n) is 2.26. The number of hydrogen-bond donors (Lipinski definition) is 2. The van der Waals surface area contributed by atoms with Gasteiger partial charge in [-0.1, -0.05) is 41.9 Å². The highest BCUT2D eigenvalue weighted by Crippen LogP contribution is 2.15. The monoisotopic (exact) mass is 329 g/mol. The molecule has 0 fully saturated rings. The van der Waals surface area contributed by atoms with Gasteiger partial charge in [-0.05, 0) is 48.6 Å². The molecule has 0 heterocycles. The molecule has 0 spiro atoms. The number of unbranched alkanes of at least 4 members (excludes halogenated alkanes) is 1. The Kier molecular flexibility index (Phi) is 6.63. The van der Waals surface area contributed by atoms with Crippen LogP contribution in [0.1, 0.15) is 30.4 Å². The van der Waals surface area contributed by atoms with E-state index in [1.54, 1.807) is 18.3 Å². The van der Waals surface area contributed by atoms with Gasteiger partial charge in [0.1, 0.15) is 0 Å². The molecule has 2 rings (SSSR count). The Morgan fingerprint density at radius 1 is 1.17 bits per heavy atom. The van der Waals surface area contributed by atoms with Crippen LogP contribution in [0.5, 0.6) is 0 Å². The standard InChI is InChI=1S/C18H20ClN3O/c19-16-5-3-6-17(12-16)22-18(23)7-2-1-4-14-8-10-15(11-9-14)13-21-20/h3,5-6,8-13H,1-2,4,7,20H2,(H,22,23)/b21-13+. The Morgan fingerprint density at radius 2 is 1.96 bits per heavy atom. The molecule has 1 amide bonds. The lowest BCUT2D eigenvalue weighted by Gasteiger charge is -2.06. The van der Waals surface area contributed by atoms with E-state index in [1.165, 1.54) is 5.56 Å². The van der Waals surface area contributed by atoms with E-state index in [4.69, 9.17) is 17.4 Å². The van der Waals surface area contributed by atoms with Crippen LogP contribution in [-0.4, -0.2) is 12.1 Å². The van der Waals surface area contributed by atoms with E-state index in [-0.39, 0.29) is 5.91 Å². The number of benzene rings is 2. The lowest BCUT2D eigenvalue weighted by atomic mass is 10.1. The summed E-state index contributed by atoms with van der Waals surface area (Å²) >= 11 is 5.89. The highest BCUT2D eigenvalue weighted by molar-refractivity contribution is 6.30. The first kappa shape index (κ1) is 17.0. The van der Waals surface area contributed by atoms with Crippen LogP contribution in [0.4, 0.5) is 5.69 Å². The smallest absolute Gasteiger partial charge is 0.224 e. The van der Waals surface area contributed by atoms with Crippen molar-refractivity contribution in [3.63, 3.8) is 0 Å². The molecule has 0 aliphatic rings. The summed E-state index contributed by atoms with van der Waals surface area (Å²) in [6.07, 6.45) is 4.88. The zero-order chi connectivity index (χ0) is 16.5. The first-order valence-electron chi connectivity index (χ1n) is 7.55. The number of hydrogen-bond acceptors (Lipinski definition) is 3. The van der Waals surface area contributed by atoms with Gasteiger partial charge in [0.15, 0.2) is 0 Å². The van der Waals surface area contributed by atoms with Crippen LogP contribution in [0.25, 0.3) is 0 Å². The average Bonchev–Trinajstić information content (AvgIpc) is 2.53. The van der Waals surface area contributed by atoms with Crippen molar-refractivity contribution >= 4 is 29.4 Å². The van der Waals surface area contributed by atoms with E-state index in [0.29, 0.717) is 11.4 Å². The number of amides is 1. The minimum Gasteiger partial charge on any atom is -0.326 e. The van der Waals surface area contributed by atoms with E-state index in [1.807, 2.05) is 24.3 Å². The molecule has 2 aromatic carbocycles. The van der Waals surface area contributed by atoms with Crippen LogP contribution < -0.4 is 11.2 Å². The second kappa shape index (κ2) is 8.96. The molecular weight excluding hydrogens is 310 g/mol.